The van der Waals surface area contributed by atoms with Gasteiger partial charge in [0.2, 0.25) is 0 Å². The third-order valence-corrected chi connectivity index (χ3v) is 17.6. The van der Waals surface area contributed by atoms with Crippen molar-refractivity contribution in [3.63, 3.8) is 0 Å². The third kappa shape index (κ3) is 12.5. The van der Waals surface area contributed by atoms with Gasteiger partial charge < -0.3 is 18.3 Å². The van der Waals surface area contributed by atoms with Crippen molar-refractivity contribution in [1.29, 1.82) is 0 Å². The topological polar surface area (TPSA) is 87.7 Å². The smallest absolute Gasteiger partial charge is 2.00 e. The van der Waals surface area contributed by atoms with Crippen LogP contribution < -0.4 is 9.47 Å². The van der Waals surface area contributed by atoms with Gasteiger partial charge in [-0.25, -0.2) is 14.4 Å². The Labute approximate surface area is 632 Å². The van der Waals surface area contributed by atoms with Crippen LogP contribution in [0.15, 0.2) is 201 Å². The number of ether oxygens (including phenoxy) is 2. The first-order valence-corrected chi connectivity index (χ1v) is 58.3. The van der Waals surface area contributed by atoms with Gasteiger partial charge in [-0.15, -0.1) is 12.1 Å². The van der Waals surface area contributed by atoms with Gasteiger partial charge in [0, 0.05) is 92.3 Å². The van der Waals surface area contributed by atoms with Crippen LogP contribution in [-0.2, 0) is 33.0 Å². The number of allylic oxidation sites excluding steroid dienone is 2. The molecule has 17 aromatic rings. The molecule has 1 aliphatic rings. The summed E-state index contributed by atoms with van der Waals surface area (Å²) in [6, 6.07) is 62.2. The number of benzene rings is 9. The van der Waals surface area contributed by atoms with Crippen LogP contribution in [0, 0.1) is 59.8 Å². The minimum Gasteiger partial charge on any atom is 2.00 e. The van der Waals surface area contributed by atoms with Crippen molar-refractivity contribution in [3.8, 4) is 45.5 Å². The number of imidazole rings is 4. The van der Waals surface area contributed by atoms with Crippen LogP contribution in [0.5, 0.6) is 23.0 Å². The molecule has 0 atom stereocenters. The summed E-state index contributed by atoms with van der Waals surface area (Å²) in [4.78, 5) is 19.3. The molecule has 0 spiro atoms. The summed E-state index contributed by atoms with van der Waals surface area (Å²) in [5.74, 6) is 2.74. The normalized spacial score (nSPS) is 12.1. The molecule has 466 valence electrons. The van der Waals surface area contributed by atoms with Gasteiger partial charge in [-0.3, -0.25) is 14.4 Å². The number of rotatable bonds is 6. The number of aromatic nitrogens is 8. The largest absolute Gasteiger partial charge is 2.00 e. The van der Waals surface area contributed by atoms with Crippen molar-refractivity contribution in [2.45, 2.75) is 41.5 Å². The summed E-state index contributed by atoms with van der Waals surface area (Å²) < 4.78 is 21.8. The van der Waals surface area contributed by atoms with Crippen LogP contribution in [-0.4, -0.2) is 101 Å². The van der Waals surface area contributed by atoms with Crippen LogP contribution in [0.4, 0.5) is 0 Å². The van der Waals surface area contributed by atoms with Crippen LogP contribution in [0.1, 0.15) is 44.6 Å². The van der Waals surface area contributed by atoms with E-state index in [-0.39, 0.29) is 21.1 Å². The molecule has 9 aromatic carbocycles. The SMILES string of the molecule is Cc1cc(C)c(-c2cnc3c4[c-]c(Oc5[c-]c6c(cc5)c5ccccc5n5ccnc65)ccc4c4ccccc4n23)c(C)c1.Cc1cc(C)c(-c2cnc3c4cc(Oc5ccc6c7c(n8ccnc8c6c5)C=[C+]C=C7)ccc4c4ccccc4n23)c(C)c1.[Cl][Pt]([Cl])([Cl])[Cl].[K][K].[Pt+2]. The van der Waals surface area contributed by atoms with Crippen molar-refractivity contribution < 1.29 is 42.4 Å². The molecule has 0 fully saturated rings. The molecule has 8 heterocycles. The molecule has 18 rings (SSSR count). The fourth-order valence-electron chi connectivity index (χ4n) is 14.1. The minimum absolute atomic E-state index is 0. The molecule has 0 bridgehead atoms. The van der Waals surface area contributed by atoms with Crippen molar-refractivity contribution in [1.82, 2.24) is 37.5 Å². The zero-order valence-electron chi connectivity index (χ0n) is 53.2. The summed E-state index contributed by atoms with van der Waals surface area (Å²) in [5, 5.41) is 11.9. The molecule has 0 unspecified atom stereocenters. The van der Waals surface area contributed by atoms with Gasteiger partial charge in [0.15, 0.2) is 11.3 Å². The zero-order valence-corrected chi connectivity index (χ0v) is 67.1. The first kappa shape index (κ1) is 67.5. The van der Waals surface area contributed by atoms with E-state index in [1.54, 1.807) is 0 Å². The second kappa shape index (κ2) is 27.8. The average Bonchev–Trinajstić information content (AvgIpc) is 1.46. The van der Waals surface area contributed by atoms with Crippen molar-refractivity contribution >= 4 is 211 Å². The monoisotopic (exact) mass is 1740 g/mol. The number of pyridine rings is 4. The molecule has 0 N–H and O–H groups in total. The van der Waals surface area contributed by atoms with Gasteiger partial charge >= 0.3 is 134 Å². The van der Waals surface area contributed by atoms with Gasteiger partial charge in [-0.2, -0.15) is 0 Å². The van der Waals surface area contributed by atoms with Gasteiger partial charge in [-0.1, -0.05) is 136 Å². The molecule has 8 aromatic heterocycles. The Morgan fingerprint density at radius 1 is 0.448 bits per heavy atom. The summed E-state index contributed by atoms with van der Waals surface area (Å²) in [6.07, 6.45) is 20.9. The third-order valence-electron chi connectivity index (χ3n) is 17.6. The van der Waals surface area contributed by atoms with E-state index in [0.29, 0.717) is 11.5 Å². The first-order chi connectivity index (χ1) is 46.1. The number of hydrogen-bond acceptors (Lipinski definition) is 6. The fraction of sp³-hybridized carbons (Fsp3) is 0.0769. The van der Waals surface area contributed by atoms with Crippen molar-refractivity contribution in [2.75, 3.05) is 0 Å². The molecule has 0 aliphatic heterocycles. The van der Waals surface area contributed by atoms with Crippen molar-refractivity contribution in [2.24, 2.45) is 0 Å². The van der Waals surface area contributed by atoms with Gasteiger partial charge in [-0.05, 0) is 135 Å². The molecule has 18 heteroatoms. The maximum atomic E-state index is 6.56. The number of fused-ring (bicyclic) bond motifs is 24. The second-order valence-corrected chi connectivity index (χ2v) is 43.2. The van der Waals surface area contributed by atoms with E-state index in [1.165, 1.54) is 113 Å². The van der Waals surface area contributed by atoms with Gasteiger partial charge in [0.25, 0.3) is 0 Å². The number of para-hydroxylation sites is 3. The predicted molar refractivity (Wildman–Crippen MR) is 392 cm³/mol. The summed E-state index contributed by atoms with van der Waals surface area (Å²) >= 11 is -0.556. The predicted octanol–water partition coefficient (Wildman–Crippen LogP) is 21.2. The van der Waals surface area contributed by atoms with E-state index in [2.05, 4.69) is 233 Å². The number of halogens is 4. The minimum atomic E-state index is -3.06. The Morgan fingerprint density at radius 3 is 1.47 bits per heavy atom. The summed E-state index contributed by atoms with van der Waals surface area (Å²) in [7, 11) is 20.0. The van der Waals surface area contributed by atoms with Crippen LogP contribution >= 0.6 is 37.7 Å². The molecule has 0 saturated carbocycles. The molecule has 0 radical (unpaired) electrons. The van der Waals surface area contributed by atoms with E-state index in [0.717, 1.165) is 127 Å². The maximum Gasteiger partial charge on any atom is 2.00 e. The van der Waals surface area contributed by atoms with E-state index in [4.69, 9.17) is 57.1 Å². The fourth-order valence-corrected chi connectivity index (χ4v) is 14.1. The van der Waals surface area contributed by atoms with Crippen LogP contribution in [0.25, 0.3) is 133 Å². The van der Waals surface area contributed by atoms with Crippen molar-refractivity contribution in [3.05, 3.63) is 264 Å². The second-order valence-electron chi connectivity index (χ2n) is 23.5. The summed E-state index contributed by atoms with van der Waals surface area (Å²) in [5.41, 5.74) is 21.2. The van der Waals surface area contributed by atoms with E-state index < -0.39 is 11.9 Å². The number of nitrogens with zero attached hydrogens (tertiary/aromatic N) is 8. The standard InChI is InChI=1S/C39H27N4O.C39H26N4O.4ClH.2K.2Pt/c2*1-23-18-24(2)37(25(3)19-23)36-22-41-39-33-21-27(13-15-29(33)31-9-5-7-11-35(31)43(36)39)44-26-12-14-28-30-8-4-6-10-34(30)42-17-16-40-38(42)32(28)20-26;;;;;;;;/h4-5,7-22H,1-3H3;4-19,22H,1-3H3;4*1H;;;;/q+1;-2;;;;;;;+2;+4/p-4. The Morgan fingerprint density at radius 2 is 0.896 bits per heavy atom. The van der Waals surface area contributed by atoms with Gasteiger partial charge in [0.05, 0.1) is 40.5 Å². The Balaban J connectivity index is 0.000000149. The van der Waals surface area contributed by atoms with E-state index in [9.17, 15) is 0 Å². The summed E-state index contributed by atoms with van der Waals surface area (Å²) in [6.45, 7) is 13.0. The van der Waals surface area contributed by atoms with E-state index >= 15 is 0 Å². The Kier molecular flexibility index (Phi) is 19.6. The molecule has 10 nitrogen and oxygen atoms in total. The number of aryl methyl sites for hydroxylation is 6. The molecular weight excluding hydrogens is 1690 g/mol. The molecular formula is C78H53Cl4K2N8O2Pt2+. The maximum absolute atomic E-state index is 6.56. The quantitative estimate of drug-likeness (QED) is 0.0936. The first-order valence-electron chi connectivity index (χ1n) is 31.0. The Bertz CT molecular complexity index is 6020. The molecule has 0 amide bonds. The average molecular weight is 1740 g/mol. The molecule has 1 aliphatic carbocycles. The Hall–Kier alpha value is -5.64. The van der Waals surface area contributed by atoms with E-state index in [1.807, 2.05) is 67.5 Å². The van der Waals surface area contributed by atoms with Crippen LogP contribution in [0.2, 0.25) is 0 Å². The molecule has 96 heavy (non-hydrogen) atoms. The number of hydrogen-bond donors (Lipinski definition) is 0. The van der Waals surface area contributed by atoms with Crippen LogP contribution in [0.3, 0.4) is 0 Å². The zero-order chi connectivity index (χ0) is 65.6. The molecule has 0 saturated heterocycles. The van der Waals surface area contributed by atoms with Gasteiger partial charge in [0.1, 0.15) is 34.9 Å².